The third-order valence-corrected chi connectivity index (χ3v) is 4.17. The maximum Gasteiger partial charge on any atom is 0.270 e. The predicted molar refractivity (Wildman–Crippen MR) is 82.6 cm³/mol. The summed E-state index contributed by atoms with van der Waals surface area (Å²) in [7, 11) is 0. The Labute approximate surface area is 134 Å². The first-order chi connectivity index (χ1) is 10.4. The molecule has 0 aliphatic carbocycles. The second-order valence-corrected chi connectivity index (χ2v) is 5.98. The molecule has 9 heteroatoms. The highest BCUT2D eigenvalue weighted by molar-refractivity contribution is 8.26. The Kier molecular flexibility index (Phi) is 4.88. The Bertz CT molecular complexity index is 701. The van der Waals surface area contributed by atoms with Crippen molar-refractivity contribution in [3.63, 3.8) is 0 Å². The summed E-state index contributed by atoms with van der Waals surface area (Å²) in [5.41, 5.74) is 0.413. The zero-order chi connectivity index (χ0) is 16.3. The Balaban J connectivity index is 2.21. The first kappa shape index (κ1) is 16.1. The fraction of sp³-hybridized carbons (Fsp3) is 0.154. The summed E-state index contributed by atoms with van der Waals surface area (Å²) in [6, 6.07) is 5.83. The molecule has 22 heavy (non-hydrogen) atoms. The van der Waals surface area contributed by atoms with Crippen LogP contribution in [-0.2, 0) is 9.59 Å². The van der Waals surface area contributed by atoms with Crippen LogP contribution in [0.4, 0.5) is 5.69 Å². The molecule has 0 radical (unpaired) electrons. The van der Waals surface area contributed by atoms with Crippen molar-refractivity contribution in [2.24, 2.45) is 0 Å². The fourth-order valence-corrected chi connectivity index (χ4v) is 3.08. The predicted octanol–water partition coefficient (Wildman–Crippen LogP) is 0.936. The largest absolute Gasteiger partial charge is 0.550 e. The minimum absolute atomic E-state index is 0.0563. The van der Waals surface area contributed by atoms with Gasteiger partial charge in [-0.3, -0.25) is 19.8 Å². The van der Waals surface area contributed by atoms with Gasteiger partial charge in [-0.05, 0) is 11.6 Å². The monoisotopic (exact) mass is 337 g/mol. The summed E-state index contributed by atoms with van der Waals surface area (Å²) in [6.45, 7) is -0.0563. The normalized spacial score (nSPS) is 16.4. The van der Waals surface area contributed by atoms with Crippen molar-refractivity contribution in [2.45, 2.75) is 6.42 Å². The van der Waals surface area contributed by atoms with E-state index in [4.69, 9.17) is 12.2 Å². The number of benzene rings is 1. The number of nitro groups is 1. The Morgan fingerprint density at radius 2 is 2.18 bits per heavy atom. The smallest absolute Gasteiger partial charge is 0.270 e. The van der Waals surface area contributed by atoms with Crippen molar-refractivity contribution in [2.75, 3.05) is 6.54 Å². The molecule has 1 aromatic rings. The van der Waals surface area contributed by atoms with E-state index in [0.717, 1.165) is 11.8 Å². The maximum atomic E-state index is 12.2. The van der Waals surface area contributed by atoms with Crippen molar-refractivity contribution in [3.8, 4) is 0 Å². The number of carbonyl (C=O) groups excluding carboxylic acids is 2. The molecule has 1 aliphatic heterocycles. The summed E-state index contributed by atoms with van der Waals surface area (Å²) in [5, 5.41) is 21.2. The average molecular weight is 337 g/mol. The summed E-state index contributed by atoms with van der Waals surface area (Å²) in [5.74, 6) is -1.68. The van der Waals surface area contributed by atoms with E-state index in [1.54, 1.807) is 6.07 Å². The molecule has 1 heterocycles. The molecule has 0 atom stereocenters. The molecule has 0 aromatic heterocycles. The van der Waals surface area contributed by atoms with Gasteiger partial charge >= 0.3 is 0 Å². The Morgan fingerprint density at radius 1 is 1.45 bits per heavy atom. The fourth-order valence-electron chi connectivity index (χ4n) is 1.78. The van der Waals surface area contributed by atoms with Crippen LogP contribution < -0.4 is 5.11 Å². The van der Waals surface area contributed by atoms with Crippen molar-refractivity contribution in [1.29, 1.82) is 0 Å². The molecule has 1 amide bonds. The van der Waals surface area contributed by atoms with E-state index in [1.165, 1.54) is 29.2 Å². The summed E-state index contributed by atoms with van der Waals surface area (Å²) >= 11 is 6.06. The SMILES string of the molecule is O=C([O-])CCN1C(=O)/C(=C\c2cccc([N+](=O)[O-])c2)SC1=S. The van der Waals surface area contributed by atoms with Crippen molar-refractivity contribution in [3.05, 3.63) is 44.8 Å². The van der Waals surface area contributed by atoms with Gasteiger partial charge in [-0.15, -0.1) is 0 Å². The molecule has 0 bridgehead atoms. The molecule has 0 N–H and O–H groups in total. The Morgan fingerprint density at radius 3 is 2.82 bits per heavy atom. The van der Waals surface area contributed by atoms with Gasteiger partial charge in [0.05, 0.1) is 9.83 Å². The zero-order valence-corrected chi connectivity index (χ0v) is 12.7. The number of hydrogen-bond donors (Lipinski definition) is 0. The van der Waals surface area contributed by atoms with E-state index < -0.39 is 16.8 Å². The molecule has 7 nitrogen and oxygen atoms in total. The first-order valence-corrected chi connectivity index (χ1v) is 7.30. The quantitative estimate of drug-likeness (QED) is 0.341. The number of hydrogen-bond acceptors (Lipinski definition) is 7. The van der Waals surface area contributed by atoms with Crippen LogP contribution in [0.25, 0.3) is 6.08 Å². The molecule has 1 saturated heterocycles. The summed E-state index contributed by atoms with van der Waals surface area (Å²) in [6.07, 6.45) is 1.18. The molecule has 114 valence electrons. The maximum absolute atomic E-state index is 12.2. The van der Waals surface area contributed by atoms with Crippen molar-refractivity contribution < 1.29 is 19.6 Å². The van der Waals surface area contributed by atoms with E-state index in [1.807, 2.05) is 0 Å². The van der Waals surface area contributed by atoms with E-state index in [9.17, 15) is 24.8 Å². The topological polar surface area (TPSA) is 104 Å². The van der Waals surface area contributed by atoms with Crippen LogP contribution in [0.5, 0.6) is 0 Å². The minimum atomic E-state index is -1.27. The molecule has 0 unspecified atom stereocenters. The van der Waals surface area contributed by atoms with Gasteiger partial charge in [0.15, 0.2) is 0 Å². The average Bonchev–Trinajstić information content (AvgIpc) is 2.71. The van der Waals surface area contributed by atoms with E-state index in [2.05, 4.69) is 0 Å². The highest BCUT2D eigenvalue weighted by Crippen LogP contribution is 2.32. The molecular weight excluding hydrogens is 328 g/mol. The molecule has 0 saturated carbocycles. The molecule has 0 spiro atoms. The second-order valence-electron chi connectivity index (χ2n) is 4.31. The highest BCUT2D eigenvalue weighted by Gasteiger charge is 2.31. The number of carboxylic acid groups (broad SMARTS) is 1. The second kappa shape index (κ2) is 6.67. The van der Waals surface area contributed by atoms with Gasteiger partial charge in [-0.2, -0.15) is 0 Å². The lowest BCUT2D eigenvalue weighted by Gasteiger charge is -2.14. The van der Waals surface area contributed by atoms with Crippen LogP contribution in [0.1, 0.15) is 12.0 Å². The number of thioether (sulfide) groups is 1. The van der Waals surface area contributed by atoms with E-state index in [-0.39, 0.29) is 23.0 Å². The number of nitrogens with zero attached hydrogens (tertiary/aromatic N) is 2. The number of non-ortho nitro benzene ring substituents is 1. The first-order valence-electron chi connectivity index (χ1n) is 6.08. The standard InChI is InChI=1S/C13H10N2O5S2/c16-11(17)4-5-14-12(18)10(22-13(14)21)7-8-2-1-3-9(6-8)15(19)20/h1-3,6-7H,4-5H2,(H,16,17)/p-1/b10-7+. The number of thiocarbonyl (C=S) groups is 1. The lowest BCUT2D eigenvalue weighted by Crippen LogP contribution is -2.33. The minimum Gasteiger partial charge on any atom is -0.550 e. The van der Waals surface area contributed by atoms with Crippen LogP contribution in [-0.4, -0.2) is 32.6 Å². The molecule has 1 aromatic carbocycles. The lowest BCUT2D eigenvalue weighted by atomic mass is 10.2. The van der Waals surface area contributed by atoms with Gasteiger partial charge in [0.2, 0.25) is 0 Å². The number of aliphatic carboxylic acids is 1. The molecule has 1 aliphatic rings. The van der Waals surface area contributed by atoms with Crippen LogP contribution in [0.2, 0.25) is 0 Å². The van der Waals surface area contributed by atoms with Crippen LogP contribution in [0, 0.1) is 10.1 Å². The third kappa shape index (κ3) is 3.68. The van der Waals surface area contributed by atoms with Gasteiger partial charge in [-0.25, -0.2) is 0 Å². The molecule has 2 rings (SSSR count). The zero-order valence-electron chi connectivity index (χ0n) is 11.1. The third-order valence-electron chi connectivity index (χ3n) is 2.79. The van der Waals surface area contributed by atoms with Crippen LogP contribution in [0.3, 0.4) is 0 Å². The van der Waals surface area contributed by atoms with Gasteiger partial charge in [0.1, 0.15) is 4.32 Å². The van der Waals surface area contributed by atoms with Gasteiger partial charge < -0.3 is 9.90 Å². The molecular formula is C13H9N2O5S2-. The summed E-state index contributed by atoms with van der Waals surface area (Å²) in [4.78, 5) is 34.3. The number of rotatable bonds is 5. The number of amides is 1. The van der Waals surface area contributed by atoms with E-state index >= 15 is 0 Å². The van der Waals surface area contributed by atoms with Crippen LogP contribution in [0.15, 0.2) is 29.2 Å². The van der Waals surface area contributed by atoms with Gasteiger partial charge in [0.25, 0.3) is 11.6 Å². The van der Waals surface area contributed by atoms with Crippen molar-refractivity contribution >= 4 is 51.9 Å². The Hall–Kier alpha value is -2.26. The summed E-state index contributed by atoms with van der Waals surface area (Å²) < 4.78 is 0.253. The number of carboxylic acids is 1. The number of nitro benzene ring substituents is 1. The molecule has 1 fully saturated rings. The van der Waals surface area contributed by atoms with Gasteiger partial charge in [0, 0.05) is 31.1 Å². The van der Waals surface area contributed by atoms with Crippen LogP contribution >= 0.6 is 24.0 Å². The van der Waals surface area contributed by atoms with Gasteiger partial charge in [-0.1, -0.05) is 36.1 Å². The van der Waals surface area contributed by atoms with Crippen molar-refractivity contribution in [1.82, 2.24) is 4.90 Å². The lowest BCUT2D eigenvalue weighted by molar-refractivity contribution is -0.384. The van der Waals surface area contributed by atoms with E-state index in [0.29, 0.717) is 10.5 Å². The number of carbonyl (C=O) groups is 2. The highest BCUT2D eigenvalue weighted by atomic mass is 32.2.